The average Bonchev–Trinajstić information content (AvgIpc) is 2.68. The minimum absolute atomic E-state index is 0.0137. The SMILES string of the molecule is CCCCCCNC(=O)C1CCCN(C(=O)Cc2ccc([N+](=O)[O-])cc2)C1. The Morgan fingerprint density at radius 1 is 1.22 bits per heavy atom. The van der Waals surface area contributed by atoms with Crippen molar-refractivity contribution in [2.24, 2.45) is 5.92 Å². The highest BCUT2D eigenvalue weighted by molar-refractivity contribution is 5.82. The van der Waals surface area contributed by atoms with Crippen molar-refractivity contribution < 1.29 is 14.5 Å². The molecule has 1 heterocycles. The van der Waals surface area contributed by atoms with Gasteiger partial charge in [-0.1, -0.05) is 38.3 Å². The van der Waals surface area contributed by atoms with Gasteiger partial charge < -0.3 is 10.2 Å². The predicted octanol–water partition coefficient (Wildman–Crippen LogP) is 3.07. The Labute approximate surface area is 160 Å². The summed E-state index contributed by atoms with van der Waals surface area (Å²) in [6.07, 6.45) is 6.30. The van der Waals surface area contributed by atoms with Crippen LogP contribution in [-0.4, -0.2) is 41.3 Å². The van der Waals surface area contributed by atoms with E-state index in [1.54, 1.807) is 17.0 Å². The first kappa shape index (κ1) is 20.9. The molecule has 0 saturated carbocycles. The van der Waals surface area contributed by atoms with Gasteiger partial charge in [0.15, 0.2) is 0 Å². The molecule has 0 aliphatic carbocycles. The van der Waals surface area contributed by atoms with Gasteiger partial charge in [-0.2, -0.15) is 0 Å². The lowest BCUT2D eigenvalue weighted by Gasteiger charge is -2.32. The van der Waals surface area contributed by atoms with Crippen LogP contribution in [0.2, 0.25) is 0 Å². The largest absolute Gasteiger partial charge is 0.356 e. The van der Waals surface area contributed by atoms with Gasteiger partial charge in [-0.3, -0.25) is 19.7 Å². The van der Waals surface area contributed by atoms with E-state index in [9.17, 15) is 19.7 Å². The molecule has 0 aromatic heterocycles. The number of unbranched alkanes of at least 4 members (excludes halogenated alkanes) is 3. The summed E-state index contributed by atoms with van der Waals surface area (Å²) in [6.45, 7) is 3.97. The lowest BCUT2D eigenvalue weighted by molar-refractivity contribution is -0.384. The Hall–Kier alpha value is -2.44. The molecule has 0 radical (unpaired) electrons. The van der Waals surface area contributed by atoms with E-state index in [-0.39, 0.29) is 29.8 Å². The second-order valence-corrected chi connectivity index (χ2v) is 7.13. The van der Waals surface area contributed by atoms with Gasteiger partial charge >= 0.3 is 0 Å². The maximum Gasteiger partial charge on any atom is 0.269 e. The molecular weight excluding hydrogens is 346 g/mol. The van der Waals surface area contributed by atoms with E-state index in [1.807, 2.05) is 0 Å². The zero-order valence-electron chi connectivity index (χ0n) is 16.0. The fourth-order valence-corrected chi connectivity index (χ4v) is 3.35. The molecule has 1 atom stereocenters. The van der Waals surface area contributed by atoms with Crippen LogP contribution in [0.3, 0.4) is 0 Å². The summed E-state index contributed by atoms with van der Waals surface area (Å²) >= 11 is 0. The first-order valence-electron chi connectivity index (χ1n) is 9.80. The average molecular weight is 375 g/mol. The number of benzene rings is 1. The molecule has 1 fully saturated rings. The van der Waals surface area contributed by atoms with E-state index in [0.29, 0.717) is 19.6 Å². The summed E-state index contributed by atoms with van der Waals surface area (Å²) in [5.41, 5.74) is 0.757. The summed E-state index contributed by atoms with van der Waals surface area (Å²) < 4.78 is 0. The van der Waals surface area contributed by atoms with Crippen molar-refractivity contribution in [3.63, 3.8) is 0 Å². The minimum atomic E-state index is -0.457. The van der Waals surface area contributed by atoms with Gasteiger partial charge in [0, 0.05) is 31.8 Å². The molecule has 1 aliphatic rings. The molecule has 2 amide bonds. The van der Waals surface area contributed by atoms with Gasteiger partial charge in [-0.25, -0.2) is 0 Å². The van der Waals surface area contributed by atoms with E-state index >= 15 is 0 Å². The molecule has 0 bridgehead atoms. The summed E-state index contributed by atoms with van der Waals surface area (Å²) in [5.74, 6) is -0.144. The molecule has 1 N–H and O–H groups in total. The Morgan fingerprint density at radius 3 is 2.63 bits per heavy atom. The minimum Gasteiger partial charge on any atom is -0.356 e. The molecule has 2 rings (SSSR count). The van der Waals surface area contributed by atoms with Crippen LogP contribution in [0, 0.1) is 16.0 Å². The van der Waals surface area contributed by atoms with Gasteiger partial charge in [0.1, 0.15) is 0 Å². The smallest absolute Gasteiger partial charge is 0.269 e. The number of carbonyl (C=O) groups excluding carboxylic acids is 2. The highest BCUT2D eigenvalue weighted by Crippen LogP contribution is 2.19. The Balaban J connectivity index is 1.81. The zero-order chi connectivity index (χ0) is 19.6. The number of nitro benzene ring substituents is 1. The number of likely N-dealkylation sites (tertiary alicyclic amines) is 1. The fraction of sp³-hybridized carbons (Fsp3) is 0.600. The van der Waals surface area contributed by atoms with Crippen molar-refractivity contribution in [3.05, 3.63) is 39.9 Å². The number of nitrogens with one attached hydrogen (secondary N) is 1. The lowest BCUT2D eigenvalue weighted by atomic mass is 9.96. The molecule has 1 aromatic rings. The first-order chi connectivity index (χ1) is 13.0. The van der Waals surface area contributed by atoms with Crippen molar-refractivity contribution in [1.82, 2.24) is 10.2 Å². The van der Waals surface area contributed by atoms with Crippen LogP contribution < -0.4 is 5.32 Å². The maximum atomic E-state index is 12.5. The van der Waals surface area contributed by atoms with Gasteiger partial charge in [0.2, 0.25) is 11.8 Å². The summed E-state index contributed by atoms with van der Waals surface area (Å²) in [7, 11) is 0. The molecule has 1 saturated heterocycles. The highest BCUT2D eigenvalue weighted by Gasteiger charge is 2.28. The predicted molar refractivity (Wildman–Crippen MR) is 103 cm³/mol. The molecule has 148 valence electrons. The number of non-ortho nitro benzene ring substituents is 1. The number of nitro groups is 1. The molecule has 27 heavy (non-hydrogen) atoms. The maximum absolute atomic E-state index is 12.5. The number of hydrogen-bond donors (Lipinski definition) is 1. The molecule has 7 nitrogen and oxygen atoms in total. The Morgan fingerprint density at radius 2 is 1.96 bits per heavy atom. The van der Waals surface area contributed by atoms with E-state index in [0.717, 1.165) is 31.2 Å². The van der Waals surface area contributed by atoms with Crippen LogP contribution in [0.25, 0.3) is 0 Å². The van der Waals surface area contributed by atoms with Crippen LogP contribution in [0.1, 0.15) is 51.0 Å². The first-order valence-corrected chi connectivity index (χ1v) is 9.80. The van der Waals surface area contributed by atoms with Gasteiger partial charge in [0.25, 0.3) is 5.69 Å². The van der Waals surface area contributed by atoms with Crippen LogP contribution >= 0.6 is 0 Å². The van der Waals surface area contributed by atoms with Crippen LogP contribution in [0.15, 0.2) is 24.3 Å². The van der Waals surface area contributed by atoms with Gasteiger partial charge in [0.05, 0.1) is 17.3 Å². The van der Waals surface area contributed by atoms with Crippen molar-refractivity contribution in [1.29, 1.82) is 0 Å². The third-order valence-electron chi connectivity index (χ3n) is 4.98. The number of nitrogens with zero attached hydrogens (tertiary/aromatic N) is 2. The second-order valence-electron chi connectivity index (χ2n) is 7.13. The summed E-state index contributed by atoms with van der Waals surface area (Å²) in [5, 5.41) is 13.7. The number of amides is 2. The van der Waals surface area contributed by atoms with Crippen LogP contribution in [0.4, 0.5) is 5.69 Å². The summed E-state index contributed by atoms with van der Waals surface area (Å²) in [6, 6.07) is 6.04. The fourth-order valence-electron chi connectivity index (χ4n) is 3.35. The van der Waals surface area contributed by atoms with E-state index < -0.39 is 4.92 Å². The number of carbonyl (C=O) groups is 2. The molecule has 7 heteroatoms. The topological polar surface area (TPSA) is 92.6 Å². The van der Waals surface area contributed by atoms with E-state index in [1.165, 1.54) is 25.0 Å². The quantitative estimate of drug-likeness (QED) is 0.408. The standard InChI is InChI=1S/C20H29N3O4/c1-2-3-4-5-12-21-20(25)17-7-6-13-22(15-17)19(24)14-16-8-10-18(11-9-16)23(26)27/h8-11,17H,2-7,12-15H2,1H3,(H,21,25). The lowest BCUT2D eigenvalue weighted by Crippen LogP contribution is -2.46. The molecular formula is C20H29N3O4. The Kier molecular flexibility index (Phi) is 8.23. The van der Waals surface area contributed by atoms with E-state index in [2.05, 4.69) is 12.2 Å². The molecule has 1 aliphatic heterocycles. The van der Waals surface area contributed by atoms with Crippen molar-refractivity contribution in [2.45, 2.75) is 51.9 Å². The van der Waals surface area contributed by atoms with Gasteiger partial charge in [-0.15, -0.1) is 0 Å². The number of rotatable bonds is 9. The van der Waals surface area contributed by atoms with Crippen molar-refractivity contribution >= 4 is 17.5 Å². The van der Waals surface area contributed by atoms with Crippen molar-refractivity contribution in [3.8, 4) is 0 Å². The van der Waals surface area contributed by atoms with Crippen LogP contribution in [-0.2, 0) is 16.0 Å². The molecule has 0 spiro atoms. The van der Waals surface area contributed by atoms with E-state index in [4.69, 9.17) is 0 Å². The molecule has 1 unspecified atom stereocenters. The second kappa shape index (κ2) is 10.6. The highest BCUT2D eigenvalue weighted by atomic mass is 16.6. The van der Waals surface area contributed by atoms with Gasteiger partial charge in [-0.05, 0) is 24.8 Å². The Bertz CT molecular complexity index is 645. The molecule has 1 aromatic carbocycles. The monoisotopic (exact) mass is 375 g/mol. The summed E-state index contributed by atoms with van der Waals surface area (Å²) in [4.78, 5) is 36.9. The third-order valence-corrected chi connectivity index (χ3v) is 4.98. The van der Waals surface area contributed by atoms with Crippen LogP contribution in [0.5, 0.6) is 0 Å². The normalized spacial score (nSPS) is 16.8. The van der Waals surface area contributed by atoms with Crippen molar-refractivity contribution in [2.75, 3.05) is 19.6 Å². The third kappa shape index (κ3) is 6.66. The number of hydrogen-bond acceptors (Lipinski definition) is 4. The number of piperidine rings is 1. The zero-order valence-corrected chi connectivity index (χ0v) is 16.0.